The van der Waals surface area contributed by atoms with Crippen molar-refractivity contribution in [2.45, 2.75) is 45.6 Å². The number of hydrogen-bond acceptors (Lipinski definition) is 6. The van der Waals surface area contributed by atoms with Crippen LogP contribution >= 0.6 is 0 Å². The number of carboxylic acids is 1. The number of hydrogen-bond donors (Lipinski definition) is 5. The Labute approximate surface area is 188 Å². The molecule has 0 aliphatic rings. The molecule has 0 radical (unpaired) electrons. The number of allylic oxidation sites excluding steroid dienone is 1. The van der Waals surface area contributed by atoms with Crippen molar-refractivity contribution in [2.24, 2.45) is 11.7 Å². The molecule has 4 amide bonds. The van der Waals surface area contributed by atoms with Gasteiger partial charge in [-0.05, 0) is 18.8 Å². The molecule has 6 N–H and O–H groups in total. The second-order valence-corrected chi connectivity index (χ2v) is 7.26. The largest absolute Gasteiger partial charge is 0.478 e. The molecule has 0 heterocycles. The standard InChI is InChI=1S/C21H35N5O6/c1-5-15(6-2)12-23-18(28)13-26(4)21(32)14(3)24-20(31)16(25-17(27)11-22)9-7-8-10-19(29)30/h8,10,15-16H,3,5-7,9,11-13,22H2,1-2,4H3,(H,23,28)(H,24,31)(H,25,27)(H,29,30). The number of carboxylic acid groups (broad SMARTS) is 1. The maximum atomic E-state index is 12.5. The van der Waals surface area contributed by atoms with E-state index in [4.69, 9.17) is 10.8 Å². The Morgan fingerprint density at radius 1 is 1.12 bits per heavy atom. The molecule has 0 aliphatic carbocycles. The number of aliphatic carboxylic acids is 1. The molecule has 0 aliphatic heterocycles. The monoisotopic (exact) mass is 453 g/mol. The Balaban J connectivity index is 4.85. The number of nitrogens with zero attached hydrogens (tertiary/aromatic N) is 1. The Morgan fingerprint density at radius 3 is 2.28 bits per heavy atom. The lowest BCUT2D eigenvalue weighted by molar-refractivity contribution is -0.133. The van der Waals surface area contributed by atoms with Crippen LogP contribution in [0, 0.1) is 5.92 Å². The maximum absolute atomic E-state index is 12.5. The molecular weight excluding hydrogens is 418 g/mol. The molecule has 0 aromatic carbocycles. The molecule has 0 saturated carbocycles. The second-order valence-electron chi connectivity index (χ2n) is 7.26. The Hall–Kier alpha value is -3.21. The zero-order valence-electron chi connectivity index (χ0n) is 19.0. The Morgan fingerprint density at radius 2 is 1.75 bits per heavy atom. The van der Waals surface area contributed by atoms with E-state index in [0.29, 0.717) is 12.5 Å². The minimum Gasteiger partial charge on any atom is -0.478 e. The molecule has 0 spiro atoms. The summed E-state index contributed by atoms with van der Waals surface area (Å²) in [6.07, 6.45) is 4.39. The zero-order chi connectivity index (χ0) is 24.7. The lowest BCUT2D eigenvalue weighted by atomic mass is 10.0. The van der Waals surface area contributed by atoms with Crippen LogP contribution < -0.4 is 21.7 Å². The van der Waals surface area contributed by atoms with E-state index in [1.165, 1.54) is 13.1 Å². The van der Waals surface area contributed by atoms with Crippen molar-refractivity contribution in [1.29, 1.82) is 0 Å². The van der Waals surface area contributed by atoms with E-state index in [1.807, 2.05) is 13.8 Å². The Kier molecular flexibility index (Phi) is 14.0. The van der Waals surface area contributed by atoms with Crippen molar-refractivity contribution in [1.82, 2.24) is 20.9 Å². The molecule has 0 saturated heterocycles. The van der Waals surface area contributed by atoms with Crippen LogP contribution in [0.15, 0.2) is 24.4 Å². The summed E-state index contributed by atoms with van der Waals surface area (Å²) in [4.78, 5) is 60.3. The molecule has 0 aromatic rings. The summed E-state index contributed by atoms with van der Waals surface area (Å²) in [6.45, 7) is 7.58. The first-order chi connectivity index (χ1) is 15.0. The average molecular weight is 454 g/mol. The molecule has 0 aromatic heterocycles. The van der Waals surface area contributed by atoms with Gasteiger partial charge in [0, 0.05) is 19.7 Å². The van der Waals surface area contributed by atoms with Crippen LogP contribution in [0.25, 0.3) is 0 Å². The van der Waals surface area contributed by atoms with E-state index >= 15 is 0 Å². The van der Waals surface area contributed by atoms with E-state index in [2.05, 4.69) is 22.5 Å². The SMILES string of the molecule is C=C(NC(=O)C(CCC=CC(=O)O)NC(=O)CN)C(=O)N(C)CC(=O)NCC(CC)CC. The number of likely N-dealkylation sites (N-methyl/N-ethyl adjacent to an activating group) is 1. The molecule has 1 atom stereocenters. The lowest BCUT2D eigenvalue weighted by Crippen LogP contribution is -2.50. The van der Waals surface area contributed by atoms with Crippen molar-refractivity contribution in [3.8, 4) is 0 Å². The van der Waals surface area contributed by atoms with Crippen LogP contribution in [0.3, 0.4) is 0 Å². The predicted octanol–water partition coefficient (Wildman–Crippen LogP) is -0.508. The van der Waals surface area contributed by atoms with Gasteiger partial charge < -0.3 is 31.7 Å². The minimum atomic E-state index is -1.14. The summed E-state index contributed by atoms with van der Waals surface area (Å²) >= 11 is 0. The quantitative estimate of drug-likeness (QED) is 0.208. The number of nitrogens with one attached hydrogen (secondary N) is 3. The van der Waals surface area contributed by atoms with Gasteiger partial charge in [-0.1, -0.05) is 39.3 Å². The third-order valence-electron chi connectivity index (χ3n) is 4.72. The highest BCUT2D eigenvalue weighted by Gasteiger charge is 2.23. The highest BCUT2D eigenvalue weighted by atomic mass is 16.4. The summed E-state index contributed by atoms with van der Waals surface area (Å²) in [6, 6.07) is -1.05. The first-order valence-corrected chi connectivity index (χ1v) is 10.5. The van der Waals surface area contributed by atoms with Crippen molar-refractivity contribution in [3.05, 3.63) is 24.4 Å². The van der Waals surface area contributed by atoms with Crippen LogP contribution in [0.4, 0.5) is 0 Å². The molecule has 0 fully saturated rings. The number of carbonyl (C=O) groups is 5. The molecule has 1 unspecified atom stereocenters. The van der Waals surface area contributed by atoms with Gasteiger partial charge in [0.1, 0.15) is 6.04 Å². The third-order valence-corrected chi connectivity index (χ3v) is 4.72. The smallest absolute Gasteiger partial charge is 0.327 e. The van der Waals surface area contributed by atoms with E-state index in [-0.39, 0.29) is 37.5 Å². The predicted molar refractivity (Wildman–Crippen MR) is 119 cm³/mol. The van der Waals surface area contributed by atoms with Gasteiger partial charge in [-0.25, -0.2) is 4.79 Å². The number of rotatable bonds is 15. The fourth-order valence-electron chi connectivity index (χ4n) is 2.67. The molecule has 32 heavy (non-hydrogen) atoms. The van der Waals surface area contributed by atoms with Crippen LogP contribution in [-0.4, -0.2) is 72.3 Å². The van der Waals surface area contributed by atoms with E-state index < -0.39 is 29.7 Å². The van der Waals surface area contributed by atoms with Crippen molar-refractivity contribution in [2.75, 3.05) is 26.7 Å². The van der Waals surface area contributed by atoms with Crippen molar-refractivity contribution >= 4 is 29.6 Å². The molecular formula is C21H35N5O6. The molecule has 0 rings (SSSR count). The molecule has 11 heteroatoms. The molecule has 11 nitrogen and oxygen atoms in total. The highest BCUT2D eigenvalue weighted by Crippen LogP contribution is 2.05. The van der Waals surface area contributed by atoms with Gasteiger partial charge in [-0.2, -0.15) is 0 Å². The third kappa shape index (κ3) is 11.8. The topological polar surface area (TPSA) is 171 Å². The molecule has 180 valence electrons. The lowest BCUT2D eigenvalue weighted by Gasteiger charge is -2.21. The van der Waals surface area contributed by atoms with E-state index in [1.54, 1.807) is 0 Å². The van der Waals surface area contributed by atoms with Crippen LogP contribution in [0.5, 0.6) is 0 Å². The average Bonchev–Trinajstić information content (AvgIpc) is 2.75. The van der Waals surface area contributed by atoms with E-state index in [9.17, 15) is 24.0 Å². The van der Waals surface area contributed by atoms with Crippen molar-refractivity contribution in [3.63, 3.8) is 0 Å². The number of carbonyl (C=O) groups excluding carboxylic acids is 4. The fraction of sp³-hybridized carbons (Fsp3) is 0.571. The summed E-state index contributed by atoms with van der Waals surface area (Å²) in [5.74, 6) is -3.06. The molecule has 0 bridgehead atoms. The van der Waals surface area contributed by atoms with Gasteiger partial charge in [0.05, 0.1) is 18.8 Å². The number of amides is 4. The second kappa shape index (κ2) is 15.6. The normalized spacial score (nSPS) is 11.7. The highest BCUT2D eigenvalue weighted by molar-refractivity contribution is 6.00. The zero-order valence-corrected chi connectivity index (χ0v) is 19.0. The van der Waals surface area contributed by atoms with Gasteiger partial charge >= 0.3 is 5.97 Å². The summed E-state index contributed by atoms with van der Waals surface area (Å²) in [7, 11) is 1.40. The van der Waals surface area contributed by atoms with Crippen LogP contribution in [-0.2, 0) is 24.0 Å². The Bertz CT molecular complexity index is 717. The van der Waals surface area contributed by atoms with Gasteiger partial charge in [0.15, 0.2) is 0 Å². The van der Waals surface area contributed by atoms with Crippen molar-refractivity contribution < 1.29 is 29.1 Å². The summed E-state index contributed by atoms with van der Waals surface area (Å²) < 4.78 is 0. The summed E-state index contributed by atoms with van der Waals surface area (Å²) in [5.41, 5.74) is 4.99. The fourth-order valence-corrected chi connectivity index (χ4v) is 2.67. The number of nitrogens with two attached hydrogens (primary N) is 1. The first-order valence-electron chi connectivity index (χ1n) is 10.5. The van der Waals surface area contributed by atoms with Gasteiger partial charge in [0.25, 0.3) is 5.91 Å². The van der Waals surface area contributed by atoms with Crippen LogP contribution in [0.1, 0.15) is 39.5 Å². The maximum Gasteiger partial charge on any atom is 0.327 e. The van der Waals surface area contributed by atoms with Crippen LogP contribution in [0.2, 0.25) is 0 Å². The van der Waals surface area contributed by atoms with Gasteiger partial charge in [0.2, 0.25) is 17.7 Å². The first kappa shape index (κ1) is 28.8. The minimum absolute atomic E-state index is 0.0804. The van der Waals surface area contributed by atoms with Gasteiger partial charge in [-0.3, -0.25) is 19.2 Å². The van der Waals surface area contributed by atoms with E-state index in [0.717, 1.165) is 23.8 Å². The summed E-state index contributed by atoms with van der Waals surface area (Å²) in [5, 5.41) is 16.1. The van der Waals surface area contributed by atoms with Gasteiger partial charge in [-0.15, -0.1) is 0 Å².